The summed E-state index contributed by atoms with van der Waals surface area (Å²) in [5.74, 6) is -1.77. The maximum Gasteiger partial charge on any atom is 0.274 e. The second-order valence-electron chi connectivity index (χ2n) is 8.94. The van der Waals surface area contributed by atoms with Crippen molar-refractivity contribution >= 4 is 33.0 Å². The number of benzene rings is 1. The zero-order chi connectivity index (χ0) is 25.9. The van der Waals surface area contributed by atoms with Crippen LogP contribution in [0.4, 0.5) is 8.78 Å². The van der Waals surface area contributed by atoms with Crippen LogP contribution in [0.5, 0.6) is 0 Å². The first kappa shape index (κ1) is 24.7. The second-order valence-corrected chi connectivity index (χ2v) is 12.0. The molecule has 0 saturated heterocycles. The van der Waals surface area contributed by atoms with E-state index in [0.29, 0.717) is 16.8 Å². The molecule has 3 heterocycles. The number of rotatable bonds is 5. The molecule has 4 aromatic rings. The molecule has 36 heavy (non-hydrogen) atoms. The normalized spacial score (nSPS) is 17.4. The summed E-state index contributed by atoms with van der Waals surface area (Å²) in [6.07, 6.45) is 4.83. The fourth-order valence-corrected chi connectivity index (χ4v) is 6.23. The zero-order valence-electron chi connectivity index (χ0n) is 19.4. The van der Waals surface area contributed by atoms with Crippen molar-refractivity contribution in [1.29, 1.82) is 0 Å². The molecule has 1 aliphatic carbocycles. The Kier molecular flexibility index (Phi) is 6.09. The lowest BCUT2D eigenvalue weighted by Gasteiger charge is -2.18. The highest BCUT2D eigenvalue weighted by Gasteiger charge is 2.42. The molecule has 1 aliphatic rings. The average Bonchev–Trinajstić information content (AvgIpc) is 3.41. The van der Waals surface area contributed by atoms with Crippen molar-refractivity contribution in [3.05, 3.63) is 91.4 Å². The first-order chi connectivity index (χ1) is 17.0. The summed E-state index contributed by atoms with van der Waals surface area (Å²) in [6.45, 7) is 3.25. The van der Waals surface area contributed by atoms with Crippen LogP contribution in [-0.2, 0) is 9.84 Å². The van der Waals surface area contributed by atoms with Gasteiger partial charge in [0.05, 0.1) is 5.69 Å². The molecular weight excluding hydrogens is 528 g/mol. The van der Waals surface area contributed by atoms with Gasteiger partial charge < -0.3 is 0 Å². The van der Waals surface area contributed by atoms with E-state index >= 15 is 8.78 Å². The largest absolute Gasteiger partial charge is 0.277 e. The average molecular weight is 548 g/mol. The summed E-state index contributed by atoms with van der Waals surface area (Å²) in [7, 11) is -3.90. The van der Waals surface area contributed by atoms with E-state index in [1.54, 1.807) is 19.9 Å². The summed E-state index contributed by atoms with van der Waals surface area (Å²) in [4.78, 5) is 16.9. The quantitative estimate of drug-likeness (QED) is 0.326. The lowest BCUT2D eigenvalue weighted by Crippen LogP contribution is -2.24. The van der Waals surface area contributed by atoms with Crippen LogP contribution in [0, 0.1) is 25.5 Å². The summed E-state index contributed by atoms with van der Waals surface area (Å²) < 4.78 is 60.3. The van der Waals surface area contributed by atoms with Gasteiger partial charge in [-0.05, 0) is 78.5 Å². The van der Waals surface area contributed by atoms with Gasteiger partial charge in [-0.25, -0.2) is 21.6 Å². The lowest BCUT2D eigenvalue weighted by molar-refractivity contribution is 0.569. The van der Waals surface area contributed by atoms with Crippen LogP contribution in [0.1, 0.15) is 40.6 Å². The van der Waals surface area contributed by atoms with Crippen LogP contribution in [0.3, 0.4) is 0 Å². The maximum absolute atomic E-state index is 15.9. The molecule has 1 unspecified atom stereocenters. The van der Waals surface area contributed by atoms with Gasteiger partial charge in [0.25, 0.3) is 5.56 Å². The number of aromatic nitrogens is 3. The Morgan fingerprint density at radius 2 is 1.89 bits per heavy atom. The maximum atomic E-state index is 15.9. The third-order valence-electron chi connectivity index (χ3n) is 6.45. The summed E-state index contributed by atoms with van der Waals surface area (Å²) in [6, 6.07) is 5.43. The Morgan fingerprint density at radius 1 is 1.14 bits per heavy atom. The highest BCUT2D eigenvalue weighted by Crippen LogP contribution is 2.56. The van der Waals surface area contributed by atoms with Crippen LogP contribution in [0.25, 0.3) is 16.9 Å². The number of sulfone groups is 1. The van der Waals surface area contributed by atoms with Gasteiger partial charge in [0.1, 0.15) is 15.6 Å². The van der Waals surface area contributed by atoms with Crippen molar-refractivity contribution in [2.45, 2.75) is 37.0 Å². The summed E-state index contributed by atoms with van der Waals surface area (Å²) >= 11 is 7.89. The van der Waals surface area contributed by atoms with Crippen LogP contribution >= 0.6 is 23.1 Å². The Morgan fingerprint density at radius 3 is 2.56 bits per heavy atom. The van der Waals surface area contributed by atoms with E-state index in [2.05, 4.69) is 9.36 Å². The monoisotopic (exact) mass is 547 g/mol. The number of halogens is 3. The fourth-order valence-electron chi connectivity index (χ4n) is 4.59. The van der Waals surface area contributed by atoms with E-state index in [9.17, 15) is 13.2 Å². The number of aryl methyl sites for hydroxylation is 2. The molecule has 0 bridgehead atoms. The minimum absolute atomic E-state index is 0.00120. The predicted octanol–water partition coefficient (Wildman–Crippen LogP) is 5.58. The van der Waals surface area contributed by atoms with Gasteiger partial charge in [-0.15, -0.1) is 0 Å². The van der Waals surface area contributed by atoms with Gasteiger partial charge in [-0.1, -0.05) is 17.7 Å². The van der Waals surface area contributed by atoms with Gasteiger partial charge in [-0.3, -0.25) is 14.3 Å². The second kappa shape index (κ2) is 8.86. The highest BCUT2D eigenvalue weighted by molar-refractivity contribution is 7.90. The van der Waals surface area contributed by atoms with E-state index in [-0.39, 0.29) is 28.1 Å². The molecule has 0 N–H and O–H groups in total. The van der Waals surface area contributed by atoms with E-state index in [1.165, 1.54) is 29.9 Å². The molecular formula is C25H20ClF2N3O3S2. The molecule has 5 rings (SSSR count). The third kappa shape index (κ3) is 4.07. The van der Waals surface area contributed by atoms with Gasteiger partial charge in [0.15, 0.2) is 21.5 Å². The topological polar surface area (TPSA) is 81.9 Å². The number of pyridine rings is 2. The molecule has 186 valence electrons. The van der Waals surface area contributed by atoms with Crippen LogP contribution < -0.4 is 5.56 Å². The molecule has 0 amide bonds. The Balaban J connectivity index is 1.65. The fraction of sp³-hybridized carbons (Fsp3) is 0.240. The van der Waals surface area contributed by atoms with Crippen LogP contribution in [0.2, 0.25) is 5.02 Å². The number of hydrogen-bond acceptors (Lipinski definition) is 6. The molecule has 11 heteroatoms. The van der Waals surface area contributed by atoms with Crippen LogP contribution in [-0.4, -0.2) is 28.6 Å². The standard InChI is InChI=1S/C25H20ClF2N3O3S2/c1-12-9-29-23(15-5-4-6-19(21(15)27)36(3,33)34)22(28)24(12)31-13(2)7-18(20(26)25(31)32)17-8-16(17)14-10-30-35-11-14/h4-7,9-11,16-17H,8H2,1-3H3/t16?,17-/m1/s1. The van der Waals surface area contributed by atoms with Crippen LogP contribution in [0.15, 0.2) is 51.7 Å². The molecule has 2 atom stereocenters. The predicted molar refractivity (Wildman–Crippen MR) is 135 cm³/mol. The molecule has 1 fully saturated rings. The molecule has 6 nitrogen and oxygen atoms in total. The van der Waals surface area contributed by atoms with Gasteiger partial charge in [-0.2, -0.15) is 0 Å². The zero-order valence-corrected chi connectivity index (χ0v) is 21.8. The van der Waals surface area contributed by atoms with Gasteiger partial charge in [0, 0.05) is 35.3 Å². The van der Waals surface area contributed by atoms with Crippen molar-refractivity contribution in [1.82, 2.24) is 13.9 Å². The molecule has 0 radical (unpaired) electrons. The summed E-state index contributed by atoms with van der Waals surface area (Å²) in [5, 5.41) is 1.97. The van der Waals surface area contributed by atoms with Crippen molar-refractivity contribution in [3.63, 3.8) is 0 Å². The van der Waals surface area contributed by atoms with Gasteiger partial charge >= 0.3 is 0 Å². The molecule has 1 saturated carbocycles. The van der Waals surface area contributed by atoms with E-state index in [4.69, 9.17) is 11.6 Å². The van der Waals surface area contributed by atoms with E-state index in [0.717, 1.165) is 28.9 Å². The SMILES string of the molecule is Cc1cnc(-c2cccc(S(C)(=O)=O)c2F)c(F)c1-n1c(C)cc([C@@H]2CC2c2cnsc2)c(Cl)c1=O. The highest BCUT2D eigenvalue weighted by atomic mass is 35.5. The Labute approximate surface area is 215 Å². The molecule has 1 aromatic carbocycles. The van der Waals surface area contributed by atoms with Crippen molar-refractivity contribution in [2.24, 2.45) is 0 Å². The first-order valence-corrected chi connectivity index (χ1v) is 14.1. The Hall–Kier alpha value is -2.95. The third-order valence-corrected chi connectivity index (χ3v) is 8.55. The van der Waals surface area contributed by atoms with Crippen molar-refractivity contribution < 1.29 is 17.2 Å². The van der Waals surface area contributed by atoms with Crippen molar-refractivity contribution in [2.75, 3.05) is 6.26 Å². The molecule has 0 aliphatic heterocycles. The number of nitrogens with zero attached hydrogens (tertiary/aromatic N) is 3. The number of hydrogen-bond donors (Lipinski definition) is 0. The minimum Gasteiger partial charge on any atom is -0.277 e. The summed E-state index contributed by atoms with van der Waals surface area (Å²) in [5.41, 5.74) is 1.15. The minimum atomic E-state index is -3.90. The molecule has 3 aromatic heterocycles. The van der Waals surface area contributed by atoms with Gasteiger partial charge in [0.2, 0.25) is 0 Å². The van der Waals surface area contributed by atoms with E-state index < -0.39 is 37.6 Å². The molecule has 0 spiro atoms. The lowest BCUT2D eigenvalue weighted by atomic mass is 10.1. The van der Waals surface area contributed by atoms with Crippen molar-refractivity contribution in [3.8, 4) is 16.9 Å². The van der Waals surface area contributed by atoms with E-state index in [1.807, 2.05) is 11.6 Å². The smallest absolute Gasteiger partial charge is 0.274 e. The first-order valence-electron chi connectivity index (χ1n) is 11.0. The Bertz CT molecular complexity index is 1690.